The van der Waals surface area contributed by atoms with E-state index in [4.69, 9.17) is 4.74 Å². The van der Waals surface area contributed by atoms with E-state index in [1.807, 2.05) is 18.2 Å². The first-order chi connectivity index (χ1) is 19.4. The van der Waals surface area contributed by atoms with Crippen LogP contribution in [0.25, 0.3) is 0 Å². The molecule has 0 fully saturated rings. The Labute approximate surface area is 235 Å². The van der Waals surface area contributed by atoms with Crippen LogP contribution in [0.5, 0.6) is 11.5 Å². The molecular formula is C32H38N2O6. The maximum Gasteiger partial charge on any atom is 0.339 e. The summed E-state index contributed by atoms with van der Waals surface area (Å²) in [6.07, 6.45) is 6.94. The van der Waals surface area contributed by atoms with Gasteiger partial charge in [-0.1, -0.05) is 75.4 Å². The number of carboxylic acids is 1. The minimum atomic E-state index is -1.25. The van der Waals surface area contributed by atoms with Gasteiger partial charge in [0, 0.05) is 25.2 Å². The minimum Gasteiger partial charge on any atom is -0.507 e. The topological polar surface area (TPSA) is 116 Å². The summed E-state index contributed by atoms with van der Waals surface area (Å²) in [5.74, 6) is -1.46. The highest BCUT2D eigenvalue weighted by atomic mass is 16.5. The normalized spacial score (nSPS) is 10.6. The van der Waals surface area contributed by atoms with Gasteiger partial charge in [0.15, 0.2) is 6.61 Å². The SMILES string of the molecule is CCCCCCCCNC(=O)c1ccc(CN(Cc2ccc(O)c(C(=O)O)c2)C(=O)COc2ccccc2)cc1. The molecule has 0 atom stereocenters. The van der Waals surface area contributed by atoms with Crippen molar-refractivity contribution in [3.63, 3.8) is 0 Å². The van der Waals surface area contributed by atoms with Crippen LogP contribution in [-0.4, -0.2) is 46.0 Å². The van der Waals surface area contributed by atoms with Gasteiger partial charge in [0.2, 0.25) is 0 Å². The number of nitrogens with one attached hydrogen (secondary N) is 1. The second-order valence-electron chi connectivity index (χ2n) is 9.73. The van der Waals surface area contributed by atoms with E-state index in [-0.39, 0.29) is 42.8 Å². The van der Waals surface area contributed by atoms with Crippen LogP contribution in [0, 0.1) is 0 Å². The van der Waals surface area contributed by atoms with Gasteiger partial charge in [-0.25, -0.2) is 4.79 Å². The van der Waals surface area contributed by atoms with Gasteiger partial charge in [-0.05, 0) is 53.9 Å². The van der Waals surface area contributed by atoms with Gasteiger partial charge < -0.3 is 25.2 Å². The van der Waals surface area contributed by atoms with E-state index >= 15 is 0 Å². The molecule has 0 saturated heterocycles. The molecule has 2 amide bonds. The Morgan fingerprint density at radius 1 is 0.825 bits per heavy atom. The Balaban J connectivity index is 1.64. The molecule has 0 saturated carbocycles. The third-order valence-corrected chi connectivity index (χ3v) is 6.53. The van der Waals surface area contributed by atoms with Gasteiger partial charge >= 0.3 is 5.97 Å². The summed E-state index contributed by atoms with van der Waals surface area (Å²) in [7, 11) is 0. The van der Waals surface area contributed by atoms with Crippen molar-refractivity contribution in [2.45, 2.75) is 58.5 Å². The minimum absolute atomic E-state index is 0.109. The third kappa shape index (κ3) is 9.76. The number of rotatable bonds is 16. The average molecular weight is 547 g/mol. The second-order valence-corrected chi connectivity index (χ2v) is 9.73. The highest BCUT2D eigenvalue weighted by Gasteiger charge is 2.18. The number of carbonyl (C=O) groups is 3. The van der Waals surface area contributed by atoms with Crippen LogP contribution in [0.3, 0.4) is 0 Å². The molecule has 0 bridgehead atoms. The summed E-state index contributed by atoms with van der Waals surface area (Å²) in [5.41, 5.74) is 1.66. The molecule has 3 aromatic rings. The van der Waals surface area contributed by atoms with Crippen molar-refractivity contribution in [2.24, 2.45) is 0 Å². The third-order valence-electron chi connectivity index (χ3n) is 6.53. The lowest BCUT2D eigenvalue weighted by atomic mass is 10.1. The molecule has 3 rings (SSSR count). The molecule has 40 heavy (non-hydrogen) atoms. The number of carboxylic acid groups (broad SMARTS) is 1. The molecule has 0 aliphatic rings. The first-order valence-electron chi connectivity index (χ1n) is 13.7. The van der Waals surface area contributed by atoms with Gasteiger partial charge in [-0.2, -0.15) is 0 Å². The number of para-hydroxylation sites is 1. The summed E-state index contributed by atoms with van der Waals surface area (Å²) >= 11 is 0. The largest absolute Gasteiger partial charge is 0.507 e. The second kappa shape index (κ2) is 15.9. The molecular weight excluding hydrogens is 508 g/mol. The van der Waals surface area contributed by atoms with Gasteiger partial charge in [0.05, 0.1) is 0 Å². The summed E-state index contributed by atoms with van der Waals surface area (Å²) in [4.78, 5) is 38.7. The molecule has 0 aromatic heterocycles. The highest BCUT2D eigenvalue weighted by molar-refractivity contribution is 5.94. The van der Waals surface area contributed by atoms with Gasteiger partial charge in [-0.3, -0.25) is 9.59 Å². The van der Waals surface area contributed by atoms with E-state index in [1.54, 1.807) is 47.4 Å². The number of carbonyl (C=O) groups excluding carboxylic acids is 2. The fourth-order valence-electron chi connectivity index (χ4n) is 4.25. The lowest BCUT2D eigenvalue weighted by Gasteiger charge is -2.23. The van der Waals surface area contributed by atoms with Crippen LogP contribution in [0.2, 0.25) is 0 Å². The average Bonchev–Trinajstić information content (AvgIpc) is 2.96. The highest BCUT2D eigenvalue weighted by Crippen LogP contribution is 2.21. The molecule has 0 radical (unpaired) electrons. The number of nitrogens with zero attached hydrogens (tertiary/aromatic N) is 1. The van der Waals surface area contributed by atoms with Gasteiger partial charge in [0.25, 0.3) is 11.8 Å². The first-order valence-corrected chi connectivity index (χ1v) is 13.7. The summed E-state index contributed by atoms with van der Waals surface area (Å²) in [5, 5.41) is 22.2. The number of aromatic hydroxyl groups is 1. The van der Waals surface area contributed by atoms with Crippen molar-refractivity contribution in [1.29, 1.82) is 0 Å². The van der Waals surface area contributed by atoms with E-state index in [9.17, 15) is 24.6 Å². The fourth-order valence-corrected chi connectivity index (χ4v) is 4.25. The summed E-state index contributed by atoms with van der Waals surface area (Å²) < 4.78 is 5.65. The molecule has 212 valence electrons. The number of ether oxygens (including phenoxy) is 1. The molecule has 0 aliphatic carbocycles. The first kappa shape index (κ1) is 30.2. The van der Waals surface area contributed by atoms with E-state index < -0.39 is 5.97 Å². The number of hydrogen-bond donors (Lipinski definition) is 3. The van der Waals surface area contributed by atoms with E-state index in [0.717, 1.165) is 18.4 Å². The molecule has 0 unspecified atom stereocenters. The molecule has 0 aliphatic heterocycles. The Bertz CT molecular complexity index is 1240. The predicted octanol–water partition coefficient (Wildman–Crippen LogP) is 5.79. The maximum atomic E-state index is 13.2. The molecule has 3 N–H and O–H groups in total. The molecule has 3 aromatic carbocycles. The lowest BCUT2D eigenvalue weighted by molar-refractivity contribution is -0.134. The van der Waals surface area contributed by atoms with Crippen LogP contribution in [0.4, 0.5) is 0 Å². The van der Waals surface area contributed by atoms with E-state index in [1.165, 1.54) is 37.8 Å². The van der Waals surface area contributed by atoms with Crippen molar-refractivity contribution >= 4 is 17.8 Å². The Kier molecular flexibility index (Phi) is 12.0. The van der Waals surface area contributed by atoms with E-state index in [0.29, 0.717) is 23.4 Å². The number of amides is 2. The number of aromatic carboxylic acids is 1. The zero-order chi connectivity index (χ0) is 28.7. The number of hydrogen-bond acceptors (Lipinski definition) is 5. The Hall–Kier alpha value is -4.33. The van der Waals surface area contributed by atoms with Crippen LogP contribution in [-0.2, 0) is 17.9 Å². The Morgan fingerprint density at radius 3 is 2.17 bits per heavy atom. The van der Waals surface area contributed by atoms with Crippen LogP contribution in [0.1, 0.15) is 77.3 Å². The zero-order valence-electron chi connectivity index (χ0n) is 23.0. The standard InChI is InChI=1S/C32H38N2O6/c1-2-3-4-5-6-10-19-33-31(37)26-16-13-24(14-17-26)21-34(30(36)23-40-27-11-8-7-9-12-27)22-25-15-18-29(35)28(20-25)32(38)39/h7-9,11-18,20,35H,2-6,10,19,21-23H2,1H3,(H,33,37)(H,38,39). The van der Waals surface area contributed by atoms with Crippen molar-refractivity contribution in [3.8, 4) is 11.5 Å². The lowest BCUT2D eigenvalue weighted by Crippen LogP contribution is -2.34. The number of unbranched alkanes of at least 4 members (excludes halogenated alkanes) is 5. The predicted molar refractivity (Wildman–Crippen MR) is 153 cm³/mol. The molecule has 0 spiro atoms. The van der Waals surface area contributed by atoms with Gasteiger partial charge in [0.1, 0.15) is 17.1 Å². The van der Waals surface area contributed by atoms with Crippen molar-refractivity contribution in [1.82, 2.24) is 10.2 Å². The van der Waals surface area contributed by atoms with Crippen molar-refractivity contribution in [3.05, 3.63) is 95.1 Å². The summed E-state index contributed by atoms with van der Waals surface area (Å²) in [6, 6.07) is 20.3. The van der Waals surface area contributed by atoms with Crippen molar-refractivity contribution < 1.29 is 29.3 Å². The van der Waals surface area contributed by atoms with E-state index in [2.05, 4.69) is 12.2 Å². The van der Waals surface area contributed by atoms with Crippen LogP contribution in [0.15, 0.2) is 72.8 Å². The number of phenols is 1. The van der Waals surface area contributed by atoms with Crippen molar-refractivity contribution in [2.75, 3.05) is 13.2 Å². The number of benzene rings is 3. The molecule has 8 nitrogen and oxygen atoms in total. The van der Waals surface area contributed by atoms with Crippen LogP contribution >= 0.6 is 0 Å². The van der Waals surface area contributed by atoms with Gasteiger partial charge in [-0.15, -0.1) is 0 Å². The Morgan fingerprint density at radius 2 is 1.48 bits per heavy atom. The zero-order valence-corrected chi connectivity index (χ0v) is 23.0. The smallest absolute Gasteiger partial charge is 0.339 e. The molecule has 0 heterocycles. The van der Waals surface area contributed by atoms with Crippen LogP contribution < -0.4 is 10.1 Å². The monoisotopic (exact) mass is 546 g/mol. The maximum absolute atomic E-state index is 13.2. The molecule has 8 heteroatoms. The summed E-state index contributed by atoms with van der Waals surface area (Å²) in [6.45, 7) is 2.96. The fraction of sp³-hybridized carbons (Fsp3) is 0.344. The quantitative estimate of drug-likeness (QED) is 0.196.